The van der Waals surface area contributed by atoms with E-state index in [1.165, 1.54) is 12.8 Å². The maximum atomic E-state index is 6.09. The van der Waals surface area contributed by atoms with Crippen molar-refractivity contribution in [3.63, 3.8) is 0 Å². The monoisotopic (exact) mass is 350 g/mol. The second kappa shape index (κ2) is 6.52. The summed E-state index contributed by atoms with van der Waals surface area (Å²) >= 11 is 0. The first kappa shape index (κ1) is 16.7. The van der Waals surface area contributed by atoms with Crippen LogP contribution in [0.5, 0.6) is 5.75 Å². The summed E-state index contributed by atoms with van der Waals surface area (Å²) in [7, 11) is 0. The van der Waals surface area contributed by atoms with Crippen LogP contribution in [0.4, 0.5) is 0 Å². The van der Waals surface area contributed by atoms with Crippen LogP contribution in [0.15, 0.2) is 41.3 Å². The van der Waals surface area contributed by atoms with Crippen LogP contribution < -0.4 is 4.74 Å². The zero-order valence-electron chi connectivity index (χ0n) is 15.3. The average molecular weight is 350 g/mol. The molecule has 0 N–H and O–H groups in total. The predicted octanol–water partition coefficient (Wildman–Crippen LogP) is 4.28. The lowest BCUT2D eigenvalue weighted by atomic mass is 9.97. The minimum atomic E-state index is -0.196. The molecule has 0 amide bonds. The molecule has 26 heavy (non-hydrogen) atoms. The van der Waals surface area contributed by atoms with Crippen LogP contribution in [-0.2, 0) is 12.0 Å². The van der Waals surface area contributed by atoms with E-state index in [1.807, 2.05) is 51.4 Å². The highest BCUT2D eigenvalue weighted by Gasteiger charge is 2.28. The fourth-order valence-corrected chi connectivity index (χ4v) is 2.67. The average Bonchev–Trinajstić information content (AvgIpc) is 3.34. The van der Waals surface area contributed by atoms with Gasteiger partial charge >= 0.3 is 0 Å². The molecule has 0 unspecified atom stereocenters. The molecule has 0 bridgehead atoms. The van der Waals surface area contributed by atoms with Gasteiger partial charge in [-0.05, 0) is 24.8 Å². The predicted molar refractivity (Wildman–Crippen MR) is 96.8 cm³/mol. The van der Waals surface area contributed by atoms with E-state index in [9.17, 15) is 0 Å². The third-order valence-electron chi connectivity index (χ3n) is 4.33. The van der Waals surface area contributed by atoms with Crippen molar-refractivity contribution >= 4 is 0 Å². The molecule has 0 saturated heterocycles. The quantitative estimate of drug-likeness (QED) is 0.684. The molecular weight excluding hydrogens is 328 g/mol. The van der Waals surface area contributed by atoms with Crippen molar-refractivity contribution in [2.45, 2.75) is 51.6 Å². The molecule has 1 saturated carbocycles. The van der Waals surface area contributed by atoms with Gasteiger partial charge in [-0.2, -0.15) is 4.98 Å². The third kappa shape index (κ3) is 3.59. The summed E-state index contributed by atoms with van der Waals surface area (Å²) in [5.41, 5.74) is 2.65. The molecule has 0 radical (unpaired) electrons. The second-order valence-electron chi connectivity index (χ2n) is 7.70. The first-order valence-electron chi connectivity index (χ1n) is 8.87. The molecule has 3 heterocycles. The number of ether oxygens (including phenoxy) is 1. The molecule has 1 fully saturated rings. The van der Waals surface area contributed by atoms with Crippen molar-refractivity contribution in [3.05, 3.63) is 53.8 Å². The normalized spacial score (nSPS) is 14.4. The minimum absolute atomic E-state index is 0.196. The van der Waals surface area contributed by atoms with Crippen LogP contribution in [0.1, 0.15) is 56.5 Å². The summed E-state index contributed by atoms with van der Waals surface area (Å²) in [6.07, 6.45) is 7.82. The van der Waals surface area contributed by atoms with E-state index in [-0.39, 0.29) is 5.41 Å². The Balaban J connectivity index is 1.61. The number of hydrogen-bond acceptors (Lipinski definition) is 6. The fourth-order valence-electron chi connectivity index (χ4n) is 2.67. The van der Waals surface area contributed by atoms with Crippen molar-refractivity contribution in [2.75, 3.05) is 0 Å². The maximum Gasteiger partial charge on any atom is 0.232 e. The van der Waals surface area contributed by atoms with E-state index in [4.69, 9.17) is 9.26 Å². The van der Waals surface area contributed by atoms with Crippen LogP contribution in [0.25, 0.3) is 11.5 Å². The molecule has 6 heteroatoms. The summed E-state index contributed by atoms with van der Waals surface area (Å²) < 4.78 is 11.5. The van der Waals surface area contributed by atoms with E-state index in [0.717, 1.165) is 16.9 Å². The van der Waals surface area contributed by atoms with Gasteiger partial charge in [0.25, 0.3) is 0 Å². The summed E-state index contributed by atoms with van der Waals surface area (Å²) in [5, 5.41) is 4.09. The number of nitrogens with zero attached hydrogens (tertiary/aromatic N) is 4. The largest absolute Gasteiger partial charge is 0.488 e. The molecular formula is C20H22N4O2. The van der Waals surface area contributed by atoms with Gasteiger partial charge in [-0.15, -0.1) is 0 Å². The van der Waals surface area contributed by atoms with Gasteiger partial charge in [-0.1, -0.05) is 32.0 Å². The molecule has 0 atom stereocenters. The molecule has 1 aliphatic rings. The highest BCUT2D eigenvalue weighted by Crippen LogP contribution is 2.44. The molecule has 6 nitrogen and oxygen atoms in total. The van der Waals surface area contributed by atoms with Crippen LogP contribution in [-0.4, -0.2) is 20.1 Å². The van der Waals surface area contributed by atoms with Crippen LogP contribution in [0.3, 0.4) is 0 Å². The summed E-state index contributed by atoms with van der Waals surface area (Å²) in [6, 6.07) is 5.83. The minimum Gasteiger partial charge on any atom is -0.488 e. The first-order chi connectivity index (χ1) is 12.5. The maximum absolute atomic E-state index is 6.09. The Morgan fingerprint density at radius 2 is 2.08 bits per heavy atom. The van der Waals surface area contributed by atoms with Crippen molar-refractivity contribution in [3.8, 4) is 17.3 Å². The number of aromatic nitrogens is 4. The Kier molecular flexibility index (Phi) is 4.18. The summed E-state index contributed by atoms with van der Waals surface area (Å²) in [6.45, 7) is 6.58. The van der Waals surface area contributed by atoms with Crippen molar-refractivity contribution in [1.29, 1.82) is 0 Å². The van der Waals surface area contributed by atoms with Gasteiger partial charge in [0.2, 0.25) is 11.7 Å². The van der Waals surface area contributed by atoms with Crippen molar-refractivity contribution < 1.29 is 9.26 Å². The molecule has 4 rings (SSSR count). The lowest BCUT2D eigenvalue weighted by Gasteiger charge is -2.12. The zero-order valence-corrected chi connectivity index (χ0v) is 15.3. The van der Waals surface area contributed by atoms with Gasteiger partial charge in [0.05, 0.1) is 0 Å². The van der Waals surface area contributed by atoms with E-state index < -0.39 is 0 Å². The van der Waals surface area contributed by atoms with Crippen molar-refractivity contribution in [1.82, 2.24) is 20.1 Å². The third-order valence-corrected chi connectivity index (χ3v) is 4.33. The Morgan fingerprint density at radius 1 is 1.23 bits per heavy atom. The van der Waals surface area contributed by atoms with Gasteiger partial charge in [-0.25, -0.2) is 0 Å². The fraction of sp³-hybridized carbons (Fsp3) is 0.400. The standard InChI is InChI=1S/C20H22N4O2/c1-20(2,3)19-23-18(24-26-19)16-9-17(15(11-22-16)14-6-7-14)25-12-13-5-4-8-21-10-13/h4-5,8-11,14H,6-7,12H2,1-3H3. The Hall–Kier alpha value is -2.76. The van der Waals surface area contributed by atoms with Gasteiger partial charge in [-0.3, -0.25) is 9.97 Å². The smallest absolute Gasteiger partial charge is 0.232 e. The van der Waals surface area contributed by atoms with Gasteiger partial charge < -0.3 is 9.26 Å². The molecule has 1 aliphatic carbocycles. The van der Waals surface area contributed by atoms with E-state index in [1.54, 1.807) is 6.20 Å². The molecule has 3 aromatic rings. The van der Waals surface area contributed by atoms with Crippen LogP contribution >= 0.6 is 0 Å². The van der Waals surface area contributed by atoms with Gasteiger partial charge in [0.15, 0.2) is 0 Å². The lowest BCUT2D eigenvalue weighted by molar-refractivity contribution is 0.302. The Morgan fingerprint density at radius 3 is 2.73 bits per heavy atom. The summed E-state index contributed by atoms with van der Waals surface area (Å²) in [5.74, 6) is 2.46. The number of rotatable bonds is 5. The number of hydrogen-bond donors (Lipinski definition) is 0. The summed E-state index contributed by atoms with van der Waals surface area (Å²) in [4.78, 5) is 13.2. The molecule has 0 spiro atoms. The molecule has 0 aromatic carbocycles. The van der Waals surface area contributed by atoms with E-state index in [0.29, 0.717) is 29.9 Å². The zero-order chi connectivity index (χ0) is 18.1. The SMILES string of the molecule is CC(C)(C)c1nc(-c2cc(OCc3cccnc3)c(C3CC3)cn2)no1. The second-order valence-corrected chi connectivity index (χ2v) is 7.70. The topological polar surface area (TPSA) is 73.9 Å². The molecule has 0 aliphatic heterocycles. The van der Waals surface area contributed by atoms with Crippen molar-refractivity contribution in [2.24, 2.45) is 0 Å². The van der Waals surface area contributed by atoms with Crippen LogP contribution in [0.2, 0.25) is 0 Å². The highest BCUT2D eigenvalue weighted by molar-refractivity contribution is 5.54. The molecule has 3 aromatic heterocycles. The molecule has 134 valence electrons. The van der Waals surface area contributed by atoms with E-state index in [2.05, 4.69) is 20.1 Å². The first-order valence-corrected chi connectivity index (χ1v) is 8.87. The lowest BCUT2D eigenvalue weighted by Crippen LogP contribution is -2.11. The number of pyridine rings is 2. The van der Waals surface area contributed by atoms with E-state index >= 15 is 0 Å². The highest BCUT2D eigenvalue weighted by atomic mass is 16.5. The Labute approximate surface area is 152 Å². The van der Waals surface area contributed by atoms with Gasteiger partial charge in [0, 0.05) is 41.2 Å². The Bertz CT molecular complexity index is 896. The van der Waals surface area contributed by atoms with Crippen LogP contribution in [0, 0.1) is 0 Å². The van der Waals surface area contributed by atoms with Gasteiger partial charge in [0.1, 0.15) is 18.1 Å².